The molecule has 1 saturated heterocycles. The highest BCUT2D eigenvalue weighted by Crippen LogP contribution is 2.28. The summed E-state index contributed by atoms with van der Waals surface area (Å²) in [5.74, 6) is -4.06. The van der Waals surface area contributed by atoms with Gasteiger partial charge < -0.3 is 0 Å². The van der Waals surface area contributed by atoms with Crippen LogP contribution < -0.4 is 5.32 Å². The van der Waals surface area contributed by atoms with Gasteiger partial charge in [-0.2, -0.15) is 0 Å². The van der Waals surface area contributed by atoms with Gasteiger partial charge in [0.05, 0.1) is 12.5 Å². The van der Waals surface area contributed by atoms with Crippen molar-refractivity contribution in [3.05, 3.63) is 35.1 Å². The standard InChI is InChI=1S/C13H9FN2O4/c14-7-3-1-2-6-10(7)13(20)16(12(6)19)8-4-5-9(17)15-11(8)18/h1-3,8H,4-5H2,(H,15,17,18)/i3D. The van der Waals surface area contributed by atoms with Crippen LogP contribution in [0.4, 0.5) is 4.39 Å². The predicted molar refractivity (Wildman–Crippen MR) is 63.1 cm³/mol. The third-order valence-corrected chi connectivity index (χ3v) is 3.35. The monoisotopic (exact) mass is 277 g/mol. The van der Waals surface area contributed by atoms with Crippen LogP contribution in [0.25, 0.3) is 0 Å². The largest absolute Gasteiger partial charge is 0.295 e. The Bertz CT molecular complexity index is 718. The highest BCUT2D eigenvalue weighted by Gasteiger charge is 2.45. The number of hydrogen-bond acceptors (Lipinski definition) is 4. The molecule has 1 fully saturated rings. The molecule has 102 valence electrons. The fourth-order valence-electron chi connectivity index (χ4n) is 2.41. The van der Waals surface area contributed by atoms with E-state index in [0.717, 1.165) is 6.07 Å². The molecule has 1 atom stereocenters. The fraction of sp³-hybridized carbons (Fsp3) is 0.231. The Morgan fingerprint density at radius 1 is 1.30 bits per heavy atom. The van der Waals surface area contributed by atoms with E-state index in [1.54, 1.807) is 0 Å². The van der Waals surface area contributed by atoms with Gasteiger partial charge in [-0.1, -0.05) is 6.07 Å². The number of hydrogen-bond donors (Lipinski definition) is 1. The smallest absolute Gasteiger partial charge is 0.265 e. The average Bonchev–Trinajstić information content (AvgIpc) is 2.67. The Hall–Kier alpha value is -2.57. The molecule has 0 radical (unpaired) electrons. The summed E-state index contributed by atoms with van der Waals surface area (Å²) in [6.45, 7) is 0. The number of carbonyl (C=O) groups is 4. The van der Waals surface area contributed by atoms with Gasteiger partial charge in [-0.05, 0) is 18.5 Å². The summed E-state index contributed by atoms with van der Waals surface area (Å²) in [5, 5.41) is 2.05. The highest BCUT2D eigenvalue weighted by molar-refractivity contribution is 6.23. The van der Waals surface area contributed by atoms with E-state index in [-0.39, 0.29) is 18.4 Å². The first-order valence-electron chi connectivity index (χ1n) is 6.42. The van der Waals surface area contributed by atoms with Gasteiger partial charge in [-0.3, -0.25) is 29.4 Å². The Kier molecular flexibility index (Phi) is 2.38. The number of fused-ring (bicyclic) bond motifs is 1. The van der Waals surface area contributed by atoms with Gasteiger partial charge in [-0.15, -0.1) is 0 Å². The van der Waals surface area contributed by atoms with Crippen LogP contribution in [0.15, 0.2) is 18.2 Å². The Morgan fingerprint density at radius 3 is 2.75 bits per heavy atom. The first-order valence-corrected chi connectivity index (χ1v) is 5.92. The van der Waals surface area contributed by atoms with Crippen LogP contribution in [0.5, 0.6) is 0 Å². The Balaban J connectivity index is 2.02. The molecule has 6 nitrogen and oxygen atoms in total. The van der Waals surface area contributed by atoms with Crippen LogP contribution in [0, 0.1) is 5.82 Å². The maximum Gasteiger partial charge on any atom is 0.265 e. The van der Waals surface area contributed by atoms with Crippen LogP contribution in [0.1, 0.15) is 34.9 Å². The van der Waals surface area contributed by atoms with Crippen LogP contribution >= 0.6 is 0 Å². The zero-order valence-corrected chi connectivity index (χ0v) is 10.1. The number of halogens is 1. The Labute approximate surface area is 114 Å². The number of nitrogens with zero attached hydrogens (tertiary/aromatic N) is 1. The average molecular weight is 277 g/mol. The van der Waals surface area contributed by atoms with E-state index in [4.69, 9.17) is 1.37 Å². The molecule has 1 unspecified atom stereocenters. The van der Waals surface area contributed by atoms with Crippen LogP contribution in [-0.2, 0) is 9.59 Å². The number of nitrogens with one attached hydrogen (secondary N) is 1. The molecule has 1 N–H and O–H groups in total. The molecule has 0 bridgehead atoms. The van der Waals surface area contributed by atoms with Gasteiger partial charge in [0.2, 0.25) is 11.8 Å². The summed E-state index contributed by atoms with van der Waals surface area (Å²) < 4.78 is 21.2. The molecule has 0 aromatic heterocycles. The predicted octanol–water partition coefficient (Wildman–Crippen LogP) is 0.227. The van der Waals surface area contributed by atoms with Crippen molar-refractivity contribution in [2.24, 2.45) is 0 Å². The molecule has 2 heterocycles. The fourth-order valence-corrected chi connectivity index (χ4v) is 2.41. The van der Waals surface area contributed by atoms with Crippen molar-refractivity contribution >= 4 is 23.6 Å². The van der Waals surface area contributed by atoms with E-state index in [2.05, 4.69) is 0 Å². The lowest BCUT2D eigenvalue weighted by Gasteiger charge is -2.27. The zero-order valence-electron chi connectivity index (χ0n) is 11.1. The minimum Gasteiger partial charge on any atom is -0.295 e. The molecule has 2 aliphatic rings. The molecule has 1 aromatic rings. The van der Waals surface area contributed by atoms with Crippen LogP contribution in [0.2, 0.25) is 0 Å². The minimum atomic E-state index is -1.14. The molecule has 0 spiro atoms. The molecule has 4 amide bonds. The number of amides is 4. The minimum absolute atomic E-state index is 0.00398. The van der Waals surface area contributed by atoms with E-state index in [1.807, 2.05) is 5.32 Å². The molecule has 3 rings (SSSR count). The van der Waals surface area contributed by atoms with Gasteiger partial charge in [-0.25, -0.2) is 4.39 Å². The highest BCUT2D eigenvalue weighted by atomic mass is 19.1. The SMILES string of the molecule is [2H]c1ccc2c(c1F)C(=O)N(C1CCC(=O)NC1=O)C2=O. The van der Waals surface area contributed by atoms with Crippen LogP contribution in [0.3, 0.4) is 0 Å². The van der Waals surface area contributed by atoms with Gasteiger partial charge >= 0.3 is 0 Å². The number of rotatable bonds is 1. The number of piperidine rings is 1. The van der Waals surface area contributed by atoms with E-state index in [1.165, 1.54) is 6.07 Å². The molecular weight excluding hydrogens is 267 g/mol. The van der Waals surface area contributed by atoms with E-state index >= 15 is 0 Å². The lowest BCUT2D eigenvalue weighted by molar-refractivity contribution is -0.136. The van der Waals surface area contributed by atoms with Crippen molar-refractivity contribution in [2.45, 2.75) is 18.9 Å². The Morgan fingerprint density at radius 2 is 2.05 bits per heavy atom. The van der Waals surface area contributed by atoms with E-state index in [9.17, 15) is 23.6 Å². The quantitative estimate of drug-likeness (QED) is 0.745. The molecule has 0 saturated carbocycles. The zero-order chi connectivity index (χ0) is 15.3. The third kappa shape index (κ3) is 1.63. The second kappa shape index (κ2) is 4.22. The van der Waals surface area contributed by atoms with Crippen molar-refractivity contribution in [3.63, 3.8) is 0 Å². The third-order valence-electron chi connectivity index (χ3n) is 3.35. The summed E-state index contributed by atoms with van der Waals surface area (Å²) >= 11 is 0. The summed E-state index contributed by atoms with van der Waals surface area (Å²) in [6.07, 6.45) is 0.00146. The maximum absolute atomic E-state index is 13.9. The van der Waals surface area contributed by atoms with Gasteiger partial charge in [0.25, 0.3) is 11.8 Å². The first-order chi connectivity index (χ1) is 9.91. The number of benzene rings is 1. The van der Waals surface area contributed by atoms with Gasteiger partial charge in [0.1, 0.15) is 11.9 Å². The summed E-state index contributed by atoms with van der Waals surface area (Å²) in [7, 11) is 0. The summed E-state index contributed by atoms with van der Waals surface area (Å²) in [6, 6.07) is 0.629. The number of imide groups is 2. The van der Waals surface area contributed by atoms with Crippen LogP contribution in [-0.4, -0.2) is 34.6 Å². The van der Waals surface area contributed by atoms with Crippen molar-refractivity contribution < 1.29 is 24.9 Å². The van der Waals surface area contributed by atoms with E-state index < -0.39 is 47.1 Å². The normalized spacial score (nSPS) is 22.8. The molecule has 20 heavy (non-hydrogen) atoms. The maximum atomic E-state index is 13.9. The van der Waals surface area contributed by atoms with Gasteiger partial charge in [0.15, 0.2) is 0 Å². The molecule has 7 heteroatoms. The van der Waals surface area contributed by atoms with Gasteiger partial charge in [0, 0.05) is 6.42 Å². The molecule has 0 aliphatic carbocycles. The molecular formula is C13H9FN2O4. The second-order valence-electron chi connectivity index (χ2n) is 4.53. The van der Waals surface area contributed by atoms with Crippen molar-refractivity contribution in [2.75, 3.05) is 0 Å². The first kappa shape index (κ1) is 11.3. The topological polar surface area (TPSA) is 83.6 Å². The van der Waals surface area contributed by atoms with Crippen molar-refractivity contribution in [1.29, 1.82) is 0 Å². The second-order valence-corrected chi connectivity index (χ2v) is 4.53. The summed E-state index contributed by atoms with van der Waals surface area (Å²) in [4.78, 5) is 48.0. The van der Waals surface area contributed by atoms with Crippen molar-refractivity contribution in [3.8, 4) is 0 Å². The van der Waals surface area contributed by atoms with E-state index in [0.29, 0.717) is 4.90 Å². The lowest BCUT2D eigenvalue weighted by atomic mass is 10.0. The number of carbonyl (C=O) groups excluding carboxylic acids is 4. The lowest BCUT2D eigenvalue weighted by Crippen LogP contribution is -2.54. The summed E-state index contributed by atoms with van der Waals surface area (Å²) in [5.41, 5.74) is -0.657. The molecule has 2 aliphatic heterocycles. The van der Waals surface area contributed by atoms with Crippen molar-refractivity contribution in [1.82, 2.24) is 10.2 Å². The molecule has 1 aromatic carbocycles.